The number of halogens is 1. The minimum absolute atomic E-state index is 0.0842. The third-order valence-electron chi connectivity index (χ3n) is 6.14. The zero-order valence-electron chi connectivity index (χ0n) is 17.9. The molecule has 1 fully saturated rings. The first-order chi connectivity index (χ1) is 15.4. The zero-order valence-corrected chi connectivity index (χ0v) is 18.7. The summed E-state index contributed by atoms with van der Waals surface area (Å²) in [6, 6.07) is 21.7. The van der Waals surface area contributed by atoms with E-state index in [1.165, 1.54) is 29.5 Å². The van der Waals surface area contributed by atoms with Gasteiger partial charge in [-0.2, -0.15) is 0 Å². The molecule has 32 heavy (non-hydrogen) atoms. The molecule has 3 aromatic carbocycles. The second-order valence-electron chi connectivity index (χ2n) is 8.44. The molecule has 162 valence electrons. The molecule has 0 aliphatic carbocycles. The summed E-state index contributed by atoms with van der Waals surface area (Å²) >= 11 is 1.37. The molecule has 3 aromatic rings. The van der Waals surface area contributed by atoms with Crippen LogP contribution in [0.4, 0.5) is 15.8 Å². The largest absolute Gasteiger partial charge is 0.304 e. The Morgan fingerprint density at radius 3 is 2.34 bits per heavy atom. The highest BCUT2D eigenvalue weighted by Crippen LogP contribution is 2.55. The molecule has 0 unspecified atom stereocenters. The number of hydrogen-bond donors (Lipinski definition) is 0. The predicted octanol–water partition coefficient (Wildman–Crippen LogP) is 5.43. The summed E-state index contributed by atoms with van der Waals surface area (Å²) in [4.78, 5) is 29.3. The Labute approximate surface area is 191 Å². The first-order valence-corrected chi connectivity index (χ1v) is 11.6. The molecule has 0 bridgehead atoms. The second kappa shape index (κ2) is 7.78. The van der Waals surface area contributed by atoms with E-state index in [4.69, 9.17) is 0 Å². The lowest BCUT2D eigenvalue weighted by Gasteiger charge is -2.33. The Morgan fingerprint density at radius 1 is 0.969 bits per heavy atom. The van der Waals surface area contributed by atoms with Gasteiger partial charge in [0.2, 0.25) is 10.8 Å². The zero-order chi connectivity index (χ0) is 22.5. The van der Waals surface area contributed by atoms with Crippen LogP contribution in [-0.4, -0.2) is 17.6 Å². The van der Waals surface area contributed by atoms with Crippen LogP contribution in [0, 0.1) is 5.82 Å². The Kier molecular flexibility index (Phi) is 5.05. The molecule has 5 rings (SSSR count). The van der Waals surface area contributed by atoms with E-state index in [9.17, 15) is 14.0 Å². The minimum Gasteiger partial charge on any atom is -0.304 e. The molecule has 1 saturated heterocycles. The van der Waals surface area contributed by atoms with Gasteiger partial charge in [-0.15, -0.1) is 11.8 Å². The van der Waals surface area contributed by atoms with Crippen LogP contribution in [0.25, 0.3) is 0 Å². The highest BCUT2D eigenvalue weighted by molar-refractivity contribution is 8.02. The lowest BCUT2D eigenvalue weighted by molar-refractivity contribution is -0.123. The monoisotopic (exact) mass is 446 g/mol. The maximum Gasteiger partial charge on any atom is 0.269 e. The van der Waals surface area contributed by atoms with Crippen molar-refractivity contribution in [2.45, 2.75) is 31.2 Å². The van der Waals surface area contributed by atoms with Crippen LogP contribution in [0.2, 0.25) is 0 Å². The molecule has 0 aromatic heterocycles. The summed E-state index contributed by atoms with van der Waals surface area (Å²) in [5.74, 6) is 0.0649. The molecule has 1 spiro atoms. The van der Waals surface area contributed by atoms with Gasteiger partial charge in [-0.3, -0.25) is 14.5 Å². The number of amides is 2. The second-order valence-corrected chi connectivity index (χ2v) is 9.61. The minimum atomic E-state index is -1.13. The van der Waals surface area contributed by atoms with Crippen LogP contribution < -0.4 is 9.80 Å². The molecular formula is C26H23FN2O2S. The van der Waals surface area contributed by atoms with Gasteiger partial charge in [0.1, 0.15) is 5.82 Å². The van der Waals surface area contributed by atoms with Crippen molar-refractivity contribution in [3.8, 4) is 0 Å². The fourth-order valence-electron chi connectivity index (χ4n) is 4.49. The summed E-state index contributed by atoms with van der Waals surface area (Å²) in [5, 5.41) is 0. The van der Waals surface area contributed by atoms with Crippen molar-refractivity contribution >= 4 is 35.0 Å². The number of benzene rings is 3. The molecule has 0 N–H and O–H groups in total. The number of thioether (sulfide) groups is 1. The molecule has 0 saturated carbocycles. The molecule has 2 amide bonds. The normalized spacial score (nSPS) is 20.0. The Hall–Kier alpha value is -3.12. The van der Waals surface area contributed by atoms with Crippen molar-refractivity contribution in [2.24, 2.45) is 0 Å². The van der Waals surface area contributed by atoms with Crippen LogP contribution in [0.15, 0.2) is 72.8 Å². The number of fused-ring (bicyclic) bond motifs is 2. The molecule has 2 aliphatic rings. The van der Waals surface area contributed by atoms with E-state index in [1.807, 2.05) is 48.5 Å². The van der Waals surface area contributed by atoms with E-state index in [0.29, 0.717) is 12.5 Å². The number of para-hydroxylation sites is 1. The lowest BCUT2D eigenvalue weighted by atomic mass is 10.0. The average Bonchev–Trinajstić information content (AvgIpc) is 3.26. The van der Waals surface area contributed by atoms with Crippen molar-refractivity contribution in [2.75, 3.05) is 15.6 Å². The maximum absolute atomic E-state index is 14.0. The van der Waals surface area contributed by atoms with Gasteiger partial charge in [0.15, 0.2) is 0 Å². The van der Waals surface area contributed by atoms with Crippen LogP contribution in [0.3, 0.4) is 0 Å². The predicted molar refractivity (Wildman–Crippen MR) is 126 cm³/mol. The standard InChI is InChI=1S/C26H23FN2O2S/c1-17(2)19-9-13-21(14-10-19)29-24(30)16-32-26(29)22-5-3-4-6-23(22)28(25(26)31)15-18-7-11-20(27)12-8-18/h3-14,17H,15-16H2,1-2H3/t26-/m0/s1. The van der Waals surface area contributed by atoms with E-state index < -0.39 is 4.87 Å². The lowest BCUT2D eigenvalue weighted by Crippen LogP contribution is -2.49. The van der Waals surface area contributed by atoms with Crippen LogP contribution in [-0.2, 0) is 21.0 Å². The molecule has 1 atom stereocenters. The van der Waals surface area contributed by atoms with E-state index in [2.05, 4.69) is 13.8 Å². The quantitative estimate of drug-likeness (QED) is 0.537. The van der Waals surface area contributed by atoms with Crippen LogP contribution >= 0.6 is 11.8 Å². The third-order valence-corrected chi connectivity index (χ3v) is 7.52. The van der Waals surface area contributed by atoms with Gasteiger partial charge in [0.25, 0.3) is 5.91 Å². The van der Waals surface area contributed by atoms with Crippen molar-refractivity contribution < 1.29 is 14.0 Å². The van der Waals surface area contributed by atoms with Crippen LogP contribution in [0.1, 0.15) is 36.5 Å². The highest BCUT2D eigenvalue weighted by atomic mass is 32.2. The number of nitrogens with zero attached hydrogens (tertiary/aromatic N) is 2. The highest BCUT2D eigenvalue weighted by Gasteiger charge is 2.60. The smallest absolute Gasteiger partial charge is 0.269 e. The van der Waals surface area contributed by atoms with Gasteiger partial charge >= 0.3 is 0 Å². The Morgan fingerprint density at radius 2 is 1.66 bits per heavy atom. The van der Waals surface area contributed by atoms with Crippen molar-refractivity contribution in [1.82, 2.24) is 0 Å². The average molecular weight is 447 g/mol. The van der Waals surface area contributed by atoms with Gasteiger partial charge in [-0.1, -0.05) is 56.3 Å². The molecular weight excluding hydrogens is 423 g/mol. The molecule has 6 heteroatoms. The number of carbonyl (C=O) groups is 2. The summed E-state index contributed by atoms with van der Waals surface area (Å²) in [6.45, 7) is 4.56. The number of anilines is 2. The molecule has 2 aliphatic heterocycles. The van der Waals surface area contributed by atoms with E-state index in [1.54, 1.807) is 21.9 Å². The van der Waals surface area contributed by atoms with Crippen LogP contribution in [0.5, 0.6) is 0 Å². The summed E-state index contributed by atoms with van der Waals surface area (Å²) in [6.07, 6.45) is 0. The topological polar surface area (TPSA) is 40.6 Å². The fourth-order valence-corrected chi connectivity index (χ4v) is 5.85. The van der Waals surface area contributed by atoms with Crippen molar-refractivity contribution in [1.29, 1.82) is 0 Å². The Balaban J connectivity index is 1.60. The SMILES string of the molecule is CC(C)c1ccc(N2C(=O)CS[C@@]23C(=O)N(Cc2ccc(F)cc2)c2ccccc23)cc1. The van der Waals surface area contributed by atoms with E-state index in [-0.39, 0.29) is 23.4 Å². The summed E-state index contributed by atoms with van der Waals surface area (Å²) in [5.41, 5.74) is 4.33. The Bertz CT molecular complexity index is 1190. The van der Waals surface area contributed by atoms with Gasteiger partial charge in [0.05, 0.1) is 18.0 Å². The summed E-state index contributed by atoms with van der Waals surface area (Å²) in [7, 11) is 0. The summed E-state index contributed by atoms with van der Waals surface area (Å²) < 4.78 is 13.4. The molecule has 4 nitrogen and oxygen atoms in total. The number of hydrogen-bond acceptors (Lipinski definition) is 3. The van der Waals surface area contributed by atoms with Crippen molar-refractivity contribution in [3.05, 3.63) is 95.3 Å². The third kappa shape index (κ3) is 3.13. The van der Waals surface area contributed by atoms with Gasteiger partial charge in [-0.25, -0.2) is 4.39 Å². The molecule has 0 radical (unpaired) electrons. The molecule has 2 heterocycles. The first kappa shape index (κ1) is 20.8. The number of carbonyl (C=O) groups excluding carboxylic acids is 2. The van der Waals surface area contributed by atoms with Gasteiger partial charge in [-0.05, 0) is 47.4 Å². The van der Waals surface area contributed by atoms with Crippen molar-refractivity contribution in [3.63, 3.8) is 0 Å². The van der Waals surface area contributed by atoms with E-state index in [0.717, 1.165) is 22.5 Å². The maximum atomic E-state index is 14.0. The number of rotatable bonds is 4. The fraction of sp³-hybridized carbons (Fsp3) is 0.231. The van der Waals surface area contributed by atoms with Gasteiger partial charge < -0.3 is 4.90 Å². The first-order valence-electron chi connectivity index (χ1n) is 10.6. The van der Waals surface area contributed by atoms with E-state index >= 15 is 0 Å². The van der Waals surface area contributed by atoms with Gasteiger partial charge in [0, 0.05) is 11.3 Å².